The van der Waals surface area contributed by atoms with Crippen LogP contribution in [-0.4, -0.2) is 29.4 Å². The molecule has 2 aromatic rings. The molecule has 1 heterocycles. The third kappa shape index (κ3) is 2.92. The van der Waals surface area contributed by atoms with E-state index in [-0.39, 0.29) is 6.54 Å². The van der Waals surface area contributed by atoms with E-state index in [1.54, 1.807) is 0 Å². The first-order valence-corrected chi connectivity index (χ1v) is 5.95. The number of hydrogen-bond acceptors (Lipinski definition) is 3. The van der Waals surface area contributed by atoms with Gasteiger partial charge in [-0.2, -0.15) is 0 Å². The number of para-hydroxylation sites is 1. The summed E-state index contributed by atoms with van der Waals surface area (Å²) >= 11 is 0. The van der Waals surface area contributed by atoms with Gasteiger partial charge in [0.2, 0.25) is 11.8 Å². The molecule has 0 saturated heterocycles. The molecule has 0 radical (unpaired) electrons. The molecule has 100 valence electrons. The van der Waals surface area contributed by atoms with E-state index in [9.17, 15) is 9.59 Å². The minimum Gasteiger partial charge on any atom is -0.368 e. The van der Waals surface area contributed by atoms with E-state index in [0.717, 1.165) is 16.5 Å². The second-order valence-corrected chi connectivity index (χ2v) is 4.29. The van der Waals surface area contributed by atoms with E-state index in [4.69, 9.17) is 11.5 Å². The molecular weight excluding hydrogens is 244 g/mol. The lowest BCUT2D eigenvalue weighted by atomic mass is 10.0. The van der Waals surface area contributed by atoms with E-state index in [2.05, 4.69) is 10.3 Å². The van der Waals surface area contributed by atoms with Gasteiger partial charge < -0.3 is 21.8 Å². The summed E-state index contributed by atoms with van der Waals surface area (Å²) in [5, 5.41) is 3.53. The number of nitrogens with two attached hydrogens (primary N) is 2. The monoisotopic (exact) mass is 260 g/mol. The third-order valence-electron chi connectivity index (χ3n) is 2.96. The molecule has 0 saturated carbocycles. The first kappa shape index (κ1) is 13.1. The number of benzene rings is 1. The van der Waals surface area contributed by atoms with Gasteiger partial charge >= 0.3 is 0 Å². The molecule has 19 heavy (non-hydrogen) atoms. The highest BCUT2D eigenvalue weighted by Crippen LogP contribution is 2.18. The molecule has 0 aliphatic heterocycles. The van der Waals surface area contributed by atoms with Gasteiger partial charge in [0.1, 0.15) is 6.04 Å². The Morgan fingerprint density at radius 2 is 2.05 bits per heavy atom. The van der Waals surface area contributed by atoms with Crippen LogP contribution in [0.5, 0.6) is 0 Å². The molecule has 1 aromatic heterocycles. The van der Waals surface area contributed by atoms with Crippen molar-refractivity contribution >= 4 is 22.7 Å². The van der Waals surface area contributed by atoms with Gasteiger partial charge in [-0.1, -0.05) is 18.2 Å². The zero-order valence-corrected chi connectivity index (χ0v) is 10.3. The first-order valence-electron chi connectivity index (χ1n) is 5.95. The summed E-state index contributed by atoms with van der Waals surface area (Å²) in [6.07, 6.45) is 2.15. The first-order chi connectivity index (χ1) is 9.11. The molecule has 0 aliphatic carbocycles. The summed E-state index contributed by atoms with van der Waals surface area (Å²) in [6.45, 7) is -0.169. The Morgan fingerprint density at radius 1 is 1.32 bits per heavy atom. The molecule has 6 heteroatoms. The molecular formula is C13H16N4O2. The van der Waals surface area contributed by atoms with Crippen molar-refractivity contribution in [1.29, 1.82) is 0 Å². The topological polar surface area (TPSA) is 114 Å². The van der Waals surface area contributed by atoms with Crippen LogP contribution in [0.2, 0.25) is 0 Å². The lowest BCUT2D eigenvalue weighted by Crippen LogP contribution is -2.47. The average molecular weight is 260 g/mol. The Morgan fingerprint density at radius 3 is 2.74 bits per heavy atom. The molecule has 0 unspecified atom stereocenters. The minimum absolute atomic E-state index is 0.169. The molecule has 0 spiro atoms. The maximum atomic E-state index is 11.4. The Labute approximate surface area is 110 Å². The van der Waals surface area contributed by atoms with E-state index in [1.165, 1.54) is 0 Å². The average Bonchev–Trinajstić information content (AvgIpc) is 2.81. The van der Waals surface area contributed by atoms with Gasteiger partial charge in [-0.3, -0.25) is 9.59 Å². The second kappa shape index (κ2) is 5.53. The number of amides is 2. The normalized spacial score (nSPS) is 12.3. The van der Waals surface area contributed by atoms with Crippen LogP contribution >= 0.6 is 0 Å². The summed E-state index contributed by atoms with van der Waals surface area (Å²) in [6, 6.07) is 6.97. The molecule has 2 rings (SSSR count). The number of rotatable bonds is 5. The van der Waals surface area contributed by atoms with Crippen molar-refractivity contribution in [2.75, 3.05) is 6.54 Å². The van der Waals surface area contributed by atoms with Gasteiger partial charge in [0.05, 0.1) is 6.54 Å². The van der Waals surface area contributed by atoms with Crippen LogP contribution in [0.4, 0.5) is 0 Å². The fraction of sp³-hybridized carbons (Fsp3) is 0.231. The van der Waals surface area contributed by atoms with Crippen LogP contribution in [0.25, 0.3) is 10.9 Å². The predicted molar refractivity (Wildman–Crippen MR) is 72.2 cm³/mol. The molecule has 2 amide bonds. The fourth-order valence-electron chi connectivity index (χ4n) is 2.00. The Hall–Kier alpha value is -2.34. The van der Waals surface area contributed by atoms with Crippen LogP contribution in [0.3, 0.4) is 0 Å². The largest absolute Gasteiger partial charge is 0.368 e. The SMILES string of the molecule is NCC(=O)N[C@@H](Cc1c[nH]c2ccccc12)C(N)=O. The number of aromatic amines is 1. The molecule has 1 aromatic carbocycles. The van der Waals surface area contributed by atoms with Crippen molar-refractivity contribution in [2.24, 2.45) is 11.5 Å². The summed E-state index contributed by atoms with van der Waals surface area (Å²) in [5.74, 6) is -0.976. The van der Waals surface area contributed by atoms with E-state index >= 15 is 0 Å². The fourth-order valence-corrected chi connectivity index (χ4v) is 2.00. The van der Waals surface area contributed by atoms with E-state index in [0.29, 0.717) is 6.42 Å². The van der Waals surface area contributed by atoms with Crippen LogP contribution in [0, 0.1) is 0 Å². The van der Waals surface area contributed by atoms with E-state index < -0.39 is 17.9 Å². The van der Waals surface area contributed by atoms with Crippen molar-refractivity contribution in [3.05, 3.63) is 36.0 Å². The van der Waals surface area contributed by atoms with Gasteiger partial charge in [0.15, 0.2) is 0 Å². The highest BCUT2D eigenvalue weighted by Gasteiger charge is 2.19. The summed E-state index contributed by atoms with van der Waals surface area (Å²) < 4.78 is 0. The van der Waals surface area contributed by atoms with Crippen molar-refractivity contribution in [2.45, 2.75) is 12.5 Å². The summed E-state index contributed by atoms with van der Waals surface area (Å²) in [4.78, 5) is 25.7. The number of aromatic nitrogens is 1. The zero-order valence-electron chi connectivity index (χ0n) is 10.3. The van der Waals surface area contributed by atoms with Crippen molar-refractivity contribution in [1.82, 2.24) is 10.3 Å². The predicted octanol–water partition coefficient (Wildman–Crippen LogP) is -0.361. The molecule has 1 atom stereocenters. The Bertz CT molecular complexity index is 605. The number of primary amides is 1. The maximum absolute atomic E-state index is 11.4. The number of nitrogens with one attached hydrogen (secondary N) is 2. The summed E-state index contributed by atoms with van der Waals surface area (Å²) in [5.41, 5.74) is 12.4. The van der Waals surface area contributed by atoms with Crippen molar-refractivity contribution < 1.29 is 9.59 Å². The Balaban J connectivity index is 2.21. The highest BCUT2D eigenvalue weighted by molar-refractivity contribution is 5.89. The van der Waals surface area contributed by atoms with Gasteiger partial charge in [-0.15, -0.1) is 0 Å². The smallest absolute Gasteiger partial charge is 0.240 e. The maximum Gasteiger partial charge on any atom is 0.240 e. The van der Waals surface area contributed by atoms with Crippen LogP contribution in [0.15, 0.2) is 30.5 Å². The van der Waals surface area contributed by atoms with Gasteiger partial charge in [0, 0.05) is 23.5 Å². The number of fused-ring (bicyclic) bond motifs is 1. The molecule has 0 bridgehead atoms. The van der Waals surface area contributed by atoms with Gasteiger partial charge in [-0.25, -0.2) is 0 Å². The van der Waals surface area contributed by atoms with Crippen molar-refractivity contribution in [3.8, 4) is 0 Å². The van der Waals surface area contributed by atoms with Crippen LogP contribution in [0.1, 0.15) is 5.56 Å². The van der Waals surface area contributed by atoms with Crippen LogP contribution in [-0.2, 0) is 16.0 Å². The molecule has 0 fully saturated rings. The second-order valence-electron chi connectivity index (χ2n) is 4.29. The number of carbonyl (C=O) groups excluding carboxylic acids is 2. The van der Waals surface area contributed by atoms with Gasteiger partial charge in [0.25, 0.3) is 0 Å². The lowest BCUT2D eigenvalue weighted by Gasteiger charge is -2.14. The zero-order chi connectivity index (χ0) is 13.8. The van der Waals surface area contributed by atoms with Crippen LogP contribution < -0.4 is 16.8 Å². The number of H-pyrrole nitrogens is 1. The van der Waals surface area contributed by atoms with Gasteiger partial charge in [-0.05, 0) is 11.6 Å². The standard InChI is InChI=1S/C13H16N4O2/c14-6-12(18)17-11(13(15)19)5-8-7-16-10-4-2-1-3-9(8)10/h1-4,7,11,16H,5-6,14H2,(H2,15,19)(H,17,18)/t11-/m0/s1. The molecule has 6 nitrogen and oxygen atoms in total. The molecule has 6 N–H and O–H groups in total. The molecule has 0 aliphatic rings. The summed E-state index contributed by atoms with van der Waals surface area (Å²) in [7, 11) is 0. The number of carbonyl (C=O) groups is 2. The number of hydrogen-bond donors (Lipinski definition) is 4. The van der Waals surface area contributed by atoms with Crippen molar-refractivity contribution in [3.63, 3.8) is 0 Å². The highest BCUT2D eigenvalue weighted by atomic mass is 16.2. The lowest BCUT2D eigenvalue weighted by molar-refractivity contribution is -0.126. The third-order valence-corrected chi connectivity index (χ3v) is 2.96. The van der Waals surface area contributed by atoms with E-state index in [1.807, 2.05) is 30.5 Å². The quantitative estimate of drug-likeness (QED) is 0.588. The minimum atomic E-state index is -0.754. The Kier molecular flexibility index (Phi) is 3.82.